The molecular formula is C16H22OS2. The Morgan fingerprint density at radius 1 is 1.11 bits per heavy atom. The van der Waals surface area contributed by atoms with Crippen molar-refractivity contribution in [2.24, 2.45) is 0 Å². The van der Waals surface area contributed by atoms with Crippen LogP contribution in [0.4, 0.5) is 0 Å². The molecule has 1 aromatic heterocycles. The van der Waals surface area contributed by atoms with Crippen LogP contribution >= 0.6 is 23.1 Å². The van der Waals surface area contributed by atoms with E-state index in [1.807, 2.05) is 23.1 Å². The van der Waals surface area contributed by atoms with E-state index in [4.69, 9.17) is 0 Å². The molecule has 1 N–H and O–H groups in total. The predicted octanol–water partition coefficient (Wildman–Crippen LogP) is 4.85. The lowest BCUT2D eigenvalue weighted by Gasteiger charge is -2.16. The Bertz CT molecular complexity index is 438. The highest BCUT2D eigenvalue weighted by molar-refractivity contribution is 7.98. The van der Waals surface area contributed by atoms with Gasteiger partial charge in [-0.1, -0.05) is 18.9 Å². The van der Waals surface area contributed by atoms with Crippen LogP contribution in [0.3, 0.4) is 0 Å². The topological polar surface area (TPSA) is 20.2 Å². The molecule has 0 spiro atoms. The number of aryl methyl sites for hydroxylation is 1. The maximum Gasteiger partial charge on any atom is 0.109 e. The van der Waals surface area contributed by atoms with E-state index in [0.29, 0.717) is 0 Å². The Morgan fingerprint density at radius 2 is 2.00 bits per heavy atom. The average molecular weight is 294 g/mol. The third-order valence-corrected chi connectivity index (χ3v) is 6.39. The number of hydrogen-bond donors (Lipinski definition) is 1. The largest absolute Gasteiger partial charge is 0.383 e. The fourth-order valence-electron chi connectivity index (χ4n) is 2.95. The number of thiophene rings is 1. The summed E-state index contributed by atoms with van der Waals surface area (Å²) in [4.78, 5) is 2.69. The van der Waals surface area contributed by atoms with Gasteiger partial charge in [-0.3, -0.25) is 0 Å². The summed E-state index contributed by atoms with van der Waals surface area (Å²) >= 11 is 3.86. The predicted molar refractivity (Wildman–Crippen MR) is 84.9 cm³/mol. The third kappa shape index (κ3) is 3.26. The summed E-state index contributed by atoms with van der Waals surface area (Å²) < 4.78 is 0. The first kappa shape index (κ1) is 13.7. The average Bonchev–Trinajstić information content (AvgIpc) is 2.81. The minimum atomic E-state index is -0.335. The summed E-state index contributed by atoms with van der Waals surface area (Å²) in [7, 11) is 0. The van der Waals surface area contributed by atoms with Gasteiger partial charge in [-0.25, -0.2) is 0 Å². The van der Waals surface area contributed by atoms with Gasteiger partial charge in [0, 0.05) is 15.5 Å². The molecule has 0 saturated heterocycles. The summed E-state index contributed by atoms with van der Waals surface area (Å²) in [6.07, 6.45) is 10.6. The van der Waals surface area contributed by atoms with Crippen LogP contribution in [0, 0.1) is 0 Å². The Kier molecular flexibility index (Phi) is 4.67. The van der Waals surface area contributed by atoms with Crippen LogP contribution in [0.1, 0.15) is 59.9 Å². The van der Waals surface area contributed by atoms with E-state index in [9.17, 15) is 5.11 Å². The van der Waals surface area contributed by atoms with Crippen LogP contribution in [0.5, 0.6) is 0 Å². The van der Waals surface area contributed by atoms with Crippen LogP contribution in [0.2, 0.25) is 0 Å². The lowest BCUT2D eigenvalue weighted by atomic mass is 9.95. The molecular weight excluding hydrogens is 272 g/mol. The number of hydrogen-bond acceptors (Lipinski definition) is 3. The SMILES string of the molecule is OC(C1=CCCCCCC1)c1cc2c(s1)CCSC2. The quantitative estimate of drug-likeness (QED) is 0.787. The molecule has 0 fully saturated rings. The summed E-state index contributed by atoms with van der Waals surface area (Å²) in [6.45, 7) is 0. The summed E-state index contributed by atoms with van der Waals surface area (Å²) in [6, 6.07) is 2.26. The van der Waals surface area contributed by atoms with Gasteiger partial charge in [0.15, 0.2) is 0 Å². The lowest BCUT2D eigenvalue weighted by Crippen LogP contribution is -2.01. The molecule has 1 nitrogen and oxygen atoms in total. The van der Waals surface area contributed by atoms with Crippen molar-refractivity contribution < 1.29 is 5.11 Å². The second-order valence-corrected chi connectivity index (χ2v) is 7.81. The molecule has 19 heavy (non-hydrogen) atoms. The van der Waals surface area contributed by atoms with Crippen LogP contribution in [0.15, 0.2) is 17.7 Å². The zero-order valence-electron chi connectivity index (χ0n) is 11.4. The smallest absolute Gasteiger partial charge is 0.109 e. The van der Waals surface area contributed by atoms with Crippen LogP contribution in [-0.4, -0.2) is 10.9 Å². The Balaban J connectivity index is 1.78. The summed E-state index contributed by atoms with van der Waals surface area (Å²) in [5.41, 5.74) is 2.74. The van der Waals surface area contributed by atoms with Crippen molar-refractivity contribution in [2.75, 3.05) is 5.75 Å². The van der Waals surface area contributed by atoms with E-state index in [0.717, 1.165) is 18.6 Å². The Hall–Kier alpha value is -0.250. The normalized spacial score (nSPS) is 22.1. The fraction of sp³-hybridized carbons (Fsp3) is 0.625. The second-order valence-electron chi connectivity index (χ2n) is 5.53. The first-order chi connectivity index (χ1) is 9.34. The fourth-order valence-corrected chi connectivity index (χ4v) is 5.36. The lowest BCUT2D eigenvalue weighted by molar-refractivity contribution is 0.213. The van der Waals surface area contributed by atoms with Crippen LogP contribution in [0.25, 0.3) is 0 Å². The van der Waals surface area contributed by atoms with E-state index in [1.165, 1.54) is 58.7 Å². The van der Waals surface area contributed by atoms with Crippen LogP contribution < -0.4 is 0 Å². The zero-order valence-corrected chi connectivity index (χ0v) is 13.0. The van der Waals surface area contributed by atoms with Crippen molar-refractivity contribution in [1.29, 1.82) is 0 Å². The molecule has 0 radical (unpaired) electrons. The number of rotatable bonds is 2. The second kappa shape index (κ2) is 6.47. The standard InChI is InChI=1S/C16H22OS2/c17-16(12-6-4-2-1-3-5-7-12)15-10-13-11-18-9-8-14(13)19-15/h6,10,16-17H,1-5,7-9,11H2. The minimum Gasteiger partial charge on any atom is -0.383 e. The van der Waals surface area contributed by atoms with E-state index in [1.54, 1.807) is 0 Å². The van der Waals surface area contributed by atoms with Gasteiger partial charge in [-0.2, -0.15) is 11.8 Å². The van der Waals surface area contributed by atoms with E-state index < -0.39 is 0 Å². The van der Waals surface area contributed by atoms with E-state index in [2.05, 4.69) is 12.1 Å². The molecule has 1 unspecified atom stereocenters. The first-order valence-electron chi connectivity index (χ1n) is 7.41. The molecule has 0 amide bonds. The van der Waals surface area contributed by atoms with Gasteiger partial charge in [0.1, 0.15) is 6.10 Å². The van der Waals surface area contributed by atoms with Crippen molar-refractivity contribution in [3.8, 4) is 0 Å². The molecule has 0 aromatic carbocycles. The molecule has 104 valence electrons. The highest BCUT2D eigenvalue weighted by atomic mass is 32.2. The van der Waals surface area contributed by atoms with Gasteiger partial charge in [-0.15, -0.1) is 11.3 Å². The minimum absolute atomic E-state index is 0.335. The van der Waals surface area contributed by atoms with Gasteiger partial charge in [0.2, 0.25) is 0 Å². The molecule has 2 aliphatic rings. The molecule has 2 heterocycles. The summed E-state index contributed by atoms with van der Waals surface area (Å²) in [5.74, 6) is 2.38. The molecule has 1 aliphatic heterocycles. The van der Waals surface area contributed by atoms with Gasteiger partial charge in [-0.05, 0) is 55.1 Å². The number of allylic oxidation sites excluding steroid dienone is 1. The van der Waals surface area contributed by atoms with Gasteiger partial charge in [0.25, 0.3) is 0 Å². The van der Waals surface area contributed by atoms with Crippen molar-refractivity contribution in [2.45, 2.75) is 56.8 Å². The molecule has 1 aliphatic carbocycles. The van der Waals surface area contributed by atoms with Crippen molar-refractivity contribution in [3.63, 3.8) is 0 Å². The maximum atomic E-state index is 10.6. The molecule has 3 heteroatoms. The van der Waals surface area contributed by atoms with Crippen molar-refractivity contribution >= 4 is 23.1 Å². The maximum absolute atomic E-state index is 10.6. The first-order valence-corrected chi connectivity index (χ1v) is 9.38. The van der Waals surface area contributed by atoms with Gasteiger partial charge < -0.3 is 5.11 Å². The van der Waals surface area contributed by atoms with Crippen LogP contribution in [-0.2, 0) is 12.2 Å². The molecule has 3 rings (SSSR count). The molecule has 0 saturated carbocycles. The van der Waals surface area contributed by atoms with Gasteiger partial charge >= 0.3 is 0 Å². The highest BCUT2D eigenvalue weighted by Gasteiger charge is 2.20. The van der Waals surface area contributed by atoms with Crippen molar-refractivity contribution in [3.05, 3.63) is 33.0 Å². The molecule has 1 atom stereocenters. The molecule has 0 bridgehead atoms. The summed E-state index contributed by atoms with van der Waals surface area (Å²) in [5, 5.41) is 10.6. The number of aliphatic hydroxyl groups is 1. The highest BCUT2D eigenvalue weighted by Crippen LogP contribution is 2.38. The zero-order chi connectivity index (χ0) is 13.1. The van der Waals surface area contributed by atoms with Crippen molar-refractivity contribution in [1.82, 2.24) is 0 Å². The number of thioether (sulfide) groups is 1. The number of aliphatic hydroxyl groups excluding tert-OH is 1. The monoisotopic (exact) mass is 294 g/mol. The molecule has 1 aromatic rings. The third-order valence-electron chi connectivity index (χ3n) is 4.09. The Labute approximate surface area is 124 Å². The van der Waals surface area contributed by atoms with Gasteiger partial charge in [0.05, 0.1) is 0 Å². The van der Waals surface area contributed by atoms with E-state index >= 15 is 0 Å². The Morgan fingerprint density at radius 3 is 2.89 bits per heavy atom. The van der Waals surface area contributed by atoms with E-state index in [-0.39, 0.29) is 6.10 Å². The number of fused-ring (bicyclic) bond motifs is 1.